The highest BCUT2D eigenvalue weighted by Gasteiger charge is 2.09. The number of aryl methyl sites for hydroxylation is 1. The molecule has 0 aliphatic carbocycles. The number of nitrogens with two attached hydrogens (primary N) is 1. The lowest BCUT2D eigenvalue weighted by molar-refractivity contribution is -0.115. The fourth-order valence-electron chi connectivity index (χ4n) is 1.95. The van der Waals surface area contributed by atoms with E-state index in [0.29, 0.717) is 17.1 Å². The molecule has 0 spiro atoms. The van der Waals surface area contributed by atoms with Crippen molar-refractivity contribution < 1.29 is 4.79 Å². The zero-order valence-electron chi connectivity index (χ0n) is 11.5. The summed E-state index contributed by atoms with van der Waals surface area (Å²) in [4.78, 5) is 12.4. The summed E-state index contributed by atoms with van der Waals surface area (Å²) in [5, 5.41) is 2.88. The molecule has 0 heterocycles. The normalized spacial score (nSPS) is 10.2. The molecule has 5 heteroatoms. The summed E-state index contributed by atoms with van der Waals surface area (Å²) >= 11 is 8.34. The van der Waals surface area contributed by atoms with Gasteiger partial charge in [-0.1, -0.05) is 36.5 Å². The van der Waals surface area contributed by atoms with Crippen LogP contribution >= 0.6 is 28.1 Å². The Bertz CT molecular complexity index is 700. The maximum absolute atomic E-state index is 12.1. The molecule has 0 aliphatic heterocycles. The van der Waals surface area contributed by atoms with Crippen molar-refractivity contribution >= 4 is 44.7 Å². The Morgan fingerprint density at radius 1 is 1.29 bits per heavy atom. The number of thiocarbonyl (C=S) groups is 1. The molecule has 0 atom stereocenters. The molecule has 2 aromatic carbocycles. The lowest BCUT2D eigenvalue weighted by Gasteiger charge is -2.10. The first-order valence-corrected chi connectivity index (χ1v) is 7.61. The van der Waals surface area contributed by atoms with Gasteiger partial charge in [0.25, 0.3) is 0 Å². The predicted molar refractivity (Wildman–Crippen MR) is 93.5 cm³/mol. The monoisotopic (exact) mass is 362 g/mol. The van der Waals surface area contributed by atoms with Crippen LogP contribution in [0.1, 0.15) is 16.7 Å². The largest absolute Gasteiger partial charge is 0.389 e. The van der Waals surface area contributed by atoms with Crippen molar-refractivity contribution in [2.75, 3.05) is 5.32 Å². The Morgan fingerprint density at radius 3 is 2.62 bits per heavy atom. The van der Waals surface area contributed by atoms with Crippen molar-refractivity contribution in [3.63, 3.8) is 0 Å². The number of amides is 1. The molecule has 0 fully saturated rings. The third-order valence-corrected chi connectivity index (χ3v) is 4.03. The first kappa shape index (κ1) is 15.7. The minimum atomic E-state index is -0.0620. The summed E-state index contributed by atoms with van der Waals surface area (Å²) in [6, 6.07) is 13.2. The van der Waals surface area contributed by atoms with E-state index < -0.39 is 0 Å². The van der Waals surface area contributed by atoms with Crippen LogP contribution in [-0.2, 0) is 11.2 Å². The molecule has 21 heavy (non-hydrogen) atoms. The number of carbonyl (C=O) groups is 1. The second-order valence-corrected chi connectivity index (χ2v) is 6.00. The van der Waals surface area contributed by atoms with E-state index in [1.54, 1.807) is 18.2 Å². The van der Waals surface area contributed by atoms with E-state index in [4.69, 9.17) is 18.0 Å². The van der Waals surface area contributed by atoms with Crippen molar-refractivity contribution in [1.82, 2.24) is 0 Å². The zero-order chi connectivity index (χ0) is 15.4. The van der Waals surface area contributed by atoms with Crippen LogP contribution in [0.4, 0.5) is 5.69 Å². The molecule has 0 aliphatic rings. The summed E-state index contributed by atoms with van der Waals surface area (Å²) in [6.45, 7) is 2.00. The van der Waals surface area contributed by atoms with Crippen molar-refractivity contribution in [1.29, 1.82) is 0 Å². The summed E-state index contributed by atoms with van der Waals surface area (Å²) < 4.78 is 0.755. The summed E-state index contributed by atoms with van der Waals surface area (Å²) in [7, 11) is 0. The Morgan fingerprint density at radius 2 is 2.00 bits per heavy atom. The van der Waals surface area contributed by atoms with Crippen LogP contribution in [0.25, 0.3) is 0 Å². The highest BCUT2D eigenvalue weighted by atomic mass is 79.9. The van der Waals surface area contributed by atoms with Gasteiger partial charge in [-0.3, -0.25) is 4.79 Å². The topological polar surface area (TPSA) is 55.1 Å². The third-order valence-electron chi connectivity index (χ3n) is 3.14. The lowest BCUT2D eigenvalue weighted by atomic mass is 10.1. The number of benzene rings is 2. The van der Waals surface area contributed by atoms with Gasteiger partial charge >= 0.3 is 0 Å². The smallest absolute Gasteiger partial charge is 0.228 e. The van der Waals surface area contributed by atoms with Crippen molar-refractivity contribution in [2.24, 2.45) is 5.73 Å². The first-order valence-electron chi connectivity index (χ1n) is 6.41. The van der Waals surface area contributed by atoms with Gasteiger partial charge in [-0.05, 0) is 52.2 Å². The molecule has 108 valence electrons. The Labute approximate surface area is 137 Å². The molecule has 0 aromatic heterocycles. The number of nitrogens with one attached hydrogen (secondary N) is 1. The number of carbonyl (C=O) groups excluding carboxylic acids is 1. The molecule has 0 bridgehead atoms. The molecule has 0 unspecified atom stereocenters. The van der Waals surface area contributed by atoms with Crippen LogP contribution in [0.3, 0.4) is 0 Å². The van der Waals surface area contributed by atoms with Gasteiger partial charge in [0, 0.05) is 10.0 Å². The fraction of sp³-hybridized carbons (Fsp3) is 0.125. The second kappa shape index (κ2) is 6.83. The van der Waals surface area contributed by atoms with E-state index in [1.165, 1.54) is 0 Å². The maximum atomic E-state index is 12.1. The van der Waals surface area contributed by atoms with E-state index in [1.807, 2.05) is 31.2 Å². The molecular weight excluding hydrogens is 348 g/mol. The van der Waals surface area contributed by atoms with Crippen molar-refractivity contribution in [3.05, 3.63) is 63.6 Å². The molecule has 0 saturated carbocycles. The standard InChI is InChI=1S/C16H15BrN2OS/c1-10-4-2-3-5-11(10)9-15(20)19-14-7-6-12(16(18)21)8-13(14)17/h2-8H,9H2,1H3,(H2,18,21)(H,19,20). The summed E-state index contributed by atoms with van der Waals surface area (Å²) in [6.07, 6.45) is 0.343. The second-order valence-electron chi connectivity index (χ2n) is 4.71. The molecule has 0 saturated heterocycles. The van der Waals surface area contributed by atoms with Gasteiger partial charge in [0.1, 0.15) is 4.99 Å². The van der Waals surface area contributed by atoms with Crippen LogP contribution in [0.2, 0.25) is 0 Å². The average Bonchev–Trinajstić information content (AvgIpc) is 2.43. The Hall–Kier alpha value is -1.72. The summed E-state index contributed by atoms with van der Waals surface area (Å²) in [5.74, 6) is -0.0620. The number of rotatable bonds is 4. The van der Waals surface area contributed by atoms with Crippen LogP contribution in [0.5, 0.6) is 0 Å². The fourth-order valence-corrected chi connectivity index (χ4v) is 2.55. The lowest BCUT2D eigenvalue weighted by Crippen LogP contribution is -2.16. The number of halogens is 1. The molecular formula is C16H15BrN2OS. The molecule has 2 rings (SSSR count). The van der Waals surface area contributed by atoms with E-state index in [9.17, 15) is 4.79 Å². The predicted octanol–water partition coefficient (Wildman–Crippen LogP) is 3.57. The van der Waals surface area contributed by atoms with E-state index >= 15 is 0 Å². The van der Waals surface area contributed by atoms with Crippen LogP contribution in [0, 0.1) is 6.92 Å². The highest BCUT2D eigenvalue weighted by molar-refractivity contribution is 9.10. The molecule has 1 amide bonds. The SMILES string of the molecule is Cc1ccccc1CC(=O)Nc1ccc(C(N)=S)cc1Br. The van der Waals surface area contributed by atoms with Crippen molar-refractivity contribution in [2.45, 2.75) is 13.3 Å². The quantitative estimate of drug-likeness (QED) is 0.817. The van der Waals surface area contributed by atoms with Gasteiger partial charge in [0.05, 0.1) is 12.1 Å². The number of anilines is 1. The average molecular weight is 363 g/mol. The minimum absolute atomic E-state index is 0.0620. The van der Waals surface area contributed by atoms with Gasteiger partial charge in [-0.25, -0.2) is 0 Å². The molecule has 0 radical (unpaired) electrons. The van der Waals surface area contributed by atoms with Crippen molar-refractivity contribution in [3.8, 4) is 0 Å². The molecule has 2 aromatic rings. The maximum Gasteiger partial charge on any atom is 0.228 e. The third kappa shape index (κ3) is 4.12. The van der Waals surface area contributed by atoms with Gasteiger partial charge < -0.3 is 11.1 Å². The summed E-state index contributed by atoms with van der Waals surface area (Å²) in [5.41, 5.74) is 9.16. The van der Waals surface area contributed by atoms with E-state index in [0.717, 1.165) is 21.2 Å². The van der Waals surface area contributed by atoms with Gasteiger partial charge in [0.2, 0.25) is 5.91 Å². The van der Waals surface area contributed by atoms with Crippen LogP contribution in [-0.4, -0.2) is 10.9 Å². The Balaban J connectivity index is 2.10. The number of hydrogen-bond donors (Lipinski definition) is 2. The molecule has 3 nitrogen and oxygen atoms in total. The highest BCUT2D eigenvalue weighted by Crippen LogP contribution is 2.24. The Kier molecular flexibility index (Phi) is 5.09. The van der Waals surface area contributed by atoms with E-state index in [-0.39, 0.29) is 5.91 Å². The molecule has 3 N–H and O–H groups in total. The van der Waals surface area contributed by atoms with Crippen LogP contribution in [0.15, 0.2) is 46.9 Å². The van der Waals surface area contributed by atoms with Crippen LogP contribution < -0.4 is 11.1 Å². The minimum Gasteiger partial charge on any atom is -0.389 e. The van der Waals surface area contributed by atoms with Gasteiger partial charge in [0.15, 0.2) is 0 Å². The van der Waals surface area contributed by atoms with Gasteiger partial charge in [-0.2, -0.15) is 0 Å². The first-order chi connectivity index (χ1) is 9.97. The van der Waals surface area contributed by atoms with E-state index in [2.05, 4.69) is 21.2 Å². The van der Waals surface area contributed by atoms with Gasteiger partial charge in [-0.15, -0.1) is 0 Å². The number of hydrogen-bond acceptors (Lipinski definition) is 2. The zero-order valence-corrected chi connectivity index (χ0v) is 13.9.